The van der Waals surface area contributed by atoms with Crippen LogP contribution in [0.3, 0.4) is 0 Å². The summed E-state index contributed by atoms with van der Waals surface area (Å²) < 4.78 is 56.5. The van der Waals surface area contributed by atoms with Gasteiger partial charge < -0.3 is 39.2 Å². The van der Waals surface area contributed by atoms with Crippen LogP contribution in [0.15, 0.2) is 24.0 Å². The molecule has 41 heavy (non-hydrogen) atoms. The number of phenolic OH excluding ortho intramolecular Hbond substituents is 1. The number of halogens is 3. The van der Waals surface area contributed by atoms with Gasteiger partial charge in [-0.25, -0.2) is 14.4 Å². The first-order valence-electron chi connectivity index (χ1n) is 12.7. The number of phenols is 1. The number of likely N-dealkylation sites (tertiary alicyclic amines) is 1. The lowest BCUT2D eigenvalue weighted by Crippen LogP contribution is -2.74. The molecule has 3 N–H and O–H groups in total. The van der Waals surface area contributed by atoms with Gasteiger partial charge in [0.15, 0.2) is 29.8 Å². The van der Waals surface area contributed by atoms with Crippen LogP contribution in [0.25, 0.3) is 0 Å². The summed E-state index contributed by atoms with van der Waals surface area (Å²) in [5.74, 6) is -7.29. The third-order valence-electron chi connectivity index (χ3n) is 8.27. The van der Waals surface area contributed by atoms with E-state index in [1.165, 1.54) is 12.1 Å². The van der Waals surface area contributed by atoms with E-state index in [1.54, 1.807) is 6.07 Å². The molecule has 4 aliphatic rings. The van der Waals surface area contributed by atoms with Crippen molar-refractivity contribution in [3.8, 4) is 11.5 Å². The second-order valence-corrected chi connectivity index (χ2v) is 10.6. The highest BCUT2D eigenvalue weighted by Gasteiger charge is 2.72. The lowest BCUT2D eigenvalue weighted by molar-refractivity contribution is -0.205. The van der Waals surface area contributed by atoms with E-state index in [2.05, 4.69) is 9.47 Å². The van der Waals surface area contributed by atoms with E-state index in [-0.39, 0.29) is 29.7 Å². The van der Waals surface area contributed by atoms with Gasteiger partial charge in [-0.05, 0) is 51.1 Å². The van der Waals surface area contributed by atoms with Crippen LogP contribution in [0.5, 0.6) is 11.5 Å². The maximum absolute atomic E-state index is 12.8. The summed E-state index contributed by atoms with van der Waals surface area (Å²) >= 11 is 0. The summed E-state index contributed by atoms with van der Waals surface area (Å²) in [5.41, 5.74) is -0.872. The maximum Gasteiger partial charge on any atom is 0.491 e. The third-order valence-corrected chi connectivity index (χ3v) is 8.27. The van der Waals surface area contributed by atoms with Crippen molar-refractivity contribution in [1.82, 2.24) is 4.90 Å². The number of rotatable bonds is 6. The number of nitrogens with zero attached hydrogens (tertiary/aromatic N) is 1. The van der Waals surface area contributed by atoms with E-state index in [9.17, 15) is 47.7 Å². The molecular formula is C26H26F3NO11. The van der Waals surface area contributed by atoms with E-state index in [0.29, 0.717) is 24.9 Å². The van der Waals surface area contributed by atoms with Crippen LogP contribution in [0, 0.1) is 0 Å². The van der Waals surface area contributed by atoms with Crippen LogP contribution >= 0.6 is 0 Å². The maximum atomic E-state index is 12.8. The van der Waals surface area contributed by atoms with Crippen LogP contribution in [0.1, 0.15) is 37.3 Å². The molecule has 15 heteroatoms. The summed E-state index contributed by atoms with van der Waals surface area (Å²) in [5, 5.41) is 32.9. The molecule has 2 bridgehead atoms. The number of aromatic hydroxyl groups is 1. The summed E-state index contributed by atoms with van der Waals surface area (Å²) in [6, 6.07) is 2.96. The first kappa shape index (κ1) is 28.8. The number of carbonyl (C=O) groups is 4. The summed E-state index contributed by atoms with van der Waals surface area (Å²) in [7, 11) is 1.90. The minimum Gasteiger partial charge on any atom is -0.504 e. The largest absolute Gasteiger partial charge is 0.504 e. The molecule has 1 aromatic rings. The van der Waals surface area contributed by atoms with Crippen LogP contribution in [-0.4, -0.2) is 93.8 Å². The number of benzene rings is 1. The quantitative estimate of drug-likeness (QED) is 0.241. The fourth-order valence-corrected chi connectivity index (χ4v) is 6.39. The zero-order valence-corrected chi connectivity index (χ0v) is 21.8. The Kier molecular flexibility index (Phi) is 6.82. The van der Waals surface area contributed by atoms with Gasteiger partial charge in [0.25, 0.3) is 0 Å². The highest BCUT2D eigenvalue weighted by Crippen LogP contribution is 2.65. The summed E-state index contributed by atoms with van der Waals surface area (Å²) in [6.45, 7) is 1.41. The van der Waals surface area contributed by atoms with Crippen molar-refractivity contribution in [3.05, 3.63) is 35.1 Å². The Morgan fingerprint density at radius 1 is 1.22 bits per heavy atom. The zero-order valence-electron chi connectivity index (χ0n) is 21.8. The van der Waals surface area contributed by atoms with Crippen molar-refractivity contribution < 1.29 is 66.6 Å². The van der Waals surface area contributed by atoms with Crippen molar-refractivity contribution in [2.24, 2.45) is 0 Å². The normalized spacial score (nSPS) is 29.3. The lowest BCUT2D eigenvalue weighted by Gasteiger charge is -2.61. The Bertz CT molecular complexity index is 1360. The Morgan fingerprint density at radius 2 is 1.93 bits per heavy atom. The van der Waals surface area contributed by atoms with E-state index >= 15 is 0 Å². The molecule has 1 fully saturated rings. The molecule has 0 radical (unpaired) electrons. The Hall–Kier alpha value is -3.69. The van der Waals surface area contributed by atoms with Gasteiger partial charge in [-0.1, -0.05) is 6.07 Å². The van der Waals surface area contributed by atoms with Gasteiger partial charge in [-0.15, -0.1) is 0 Å². The second kappa shape index (κ2) is 9.70. The molecule has 2 aliphatic heterocycles. The predicted octanol–water partition coefficient (Wildman–Crippen LogP) is 0.528. The standard InChI is InChI=1S/C26H26F3NO11/c1-11(21(34)41-23(36)26(27,28)29)38-17(33)10-14(32)22(35)39-15-5-6-25(37)16-9-12-3-4-13(31)19-18(12)24(25,20(15)40-19)7-8-30(16)2/h3-5,11,14,16,20,31-32,37H,6-10H2,1-2H3/t11-,14-,16+,20-,24-,25+/m0/s1. The van der Waals surface area contributed by atoms with Crippen LogP contribution in [0.2, 0.25) is 0 Å². The molecule has 0 amide bonds. The molecule has 0 saturated carbocycles. The number of hydrogen-bond acceptors (Lipinski definition) is 12. The van der Waals surface area contributed by atoms with E-state index in [1.807, 2.05) is 11.9 Å². The van der Waals surface area contributed by atoms with Gasteiger partial charge in [0.05, 0.1) is 17.4 Å². The molecule has 12 nitrogen and oxygen atoms in total. The zero-order chi connectivity index (χ0) is 30.1. The van der Waals surface area contributed by atoms with Gasteiger partial charge in [-0.2, -0.15) is 13.2 Å². The summed E-state index contributed by atoms with van der Waals surface area (Å²) in [6.07, 6.45) is -9.17. The fourth-order valence-electron chi connectivity index (χ4n) is 6.39. The van der Waals surface area contributed by atoms with Crippen LogP contribution in [-0.2, 0) is 45.2 Å². The molecule has 0 aromatic heterocycles. The van der Waals surface area contributed by atoms with Crippen molar-refractivity contribution in [2.75, 3.05) is 13.6 Å². The summed E-state index contributed by atoms with van der Waals surface area (Å²) in [4.78, 5) is 49.3. The van der Waals surface area contributed by atoms with Gasteiger partial charge >= 0.3 is 30.1 Å². The van der Waals surface area contributed by atoms with Crippen LogP contribution < -0.4 is 4.74 Å². The predicted molar refractivity (Wildman–Crippen MR) is 126 cm³/mol. The molecular weight excluding hydrogens is 559 g/mol. The Balaban J connectivity index is 1.29. The highest BCUT2D eigenvalue weighted by molar-refractivity contribution is 5.91. The minimum absolute atomic E-state index is 0.0403. The number of aliphatic hydroxyl groups excluding tert-OH is 1. The van der Waals surface area contributed by atoms with Gasteiger partial charge in [0.1, 0.15) is 5.76 Å². The number of carbonyl (C=O) groups excluding carboxylic acids is 4. The van der Waals surface area contributed by atoms with Gasteiger partial charge in [-0.3, -0.25) is 4.79 Å². The first-order chi connectivity index (χ1) is 19.1. The number of aliphatic hydroxyl groups is 2. The van der Waals surface area contributed by atoms with E-state index < -0.39 is 65.8 Å². The highest BCUT2D eigenvalue weighted by atomic mass is 19.4. The monoisotopic (exact) mass is 585 g/mol. The average Bonchev–Trinajstić information content (AvgIpc) is 3.24. The third kappa shape index (κ3) is 4.42. The minimum atomic E-state index is -5.45. The first-order valence-corrected chi connectivity index (χ1v) is 12.7. The second-order valence-electron chi connectivity index (χ2n) is 10.6. The molecule has 6 atom stereocenters. The number of piperidine rings is 1. The number of alkyl halides is 3. The molecule has 2 aliphatic carbocycles. The molecule has 1 aromatic carbocycles. The van der Waals surface area contributed by atoms with Gasteiger partial charge in [0, 0.05) is 18.0 Å². The van der Waals surface area contributed by atoms with Crippen molar-refractivity contribution in [1.29, 1.82) is 0 Å². The number of ether oxygens (including phenoxy) is 4. The number of hydrogen-bond donors (Lipinski definition) is 3. The molecule has 1 spiro atoms. The van der Waals surface area contributed by atoms with Crippen molar-refractivity contribution in [3.63, 3.8) is 0 Å². The molecule has 2 heterocycles. The number of esters is 4. The molecule has 1 saturated heterocycles. The van der Waals surface area contributed by atoms with Gasteiger partial charge in [0.2, 0.25) is 0 Å². The number of likely N-dealkylation sites (N-methyl/N-ethyl adjacent to an activating group) is 1. The SMILES string of the molecule is C[C@H](OC(=O)C[C@H](O)C(=O)OC1=CC[C@@]2(O)[C@H]3Cc4ccc(O)c5c4[C@@]2(CCN3C)[C@H]1O5)C(=O)OC(=O)C(F)(F)F. The Morgan fingerprint density at radius 3 is 2.61 bits per heavy atom. The average molecular weight is 585 g/mol. The molecule has 222 valence electrons. The van der Waals surface area contributed by atoms with E-state index in [4.69, 9.17) is 9.47 Å². The smallest absolute Gasteiger partial charge is 0.491 e. The van der Waals surface area contributed by atoms with Crippen molar-refractivity contribution >= 4 is 23.9 Å². The van der Waals surface area contributed by atoms with E-state index in [0.717, 1.165) is 12.5 Å². The fraction of sp³-hybridized carbons (Fsp3) is 0.538. The molecule has 0 unspecified atom stereocenters. The van der Waals surface area contributed by atoms with Crippen molar-refractivity contribution in [2.45, 2.75) is 74.2 Å². The topological polar surface area (TPSA) is 169 Å². The van der Waals surface area contributed by atoms with Crippen LogP contribution in [0.4, 0.5) is 13.2 Å². The molecule has 5 rings (SSSR count). The lowest BCUT2D eigenvalue weighted by atomic mass is 9.50. The Labute approximate surface area is 230 Å².